The highest BCUT2D eigenvalue weighted by Gasteiger charge is 2.22. The van der Waals surface area contributed by atoms with Gasteiger partial charge in [-0.1, -0.05) is 26.7 Å². The van der Waals surface area contributed by atoms with Crippen LogP contribution in [0, 0.1) is 5.92 Å². The summed E-state index contributed by atoms with van der Waals surface area (Å²) < 4.78 is 0. The molecule has 0 aliphatic carbocycles. The van der Waals surface area contributed by atoms with Gasteiger partial charge in [-0.2, -0.15) is 0 Å². The van der Waals surface area contributed by atoms with Crippen LogP contribution in [0.3, 0.4) is 0 Å². The molecule has 0 aromatic carbocycles. The van der Waals surface area contributed by atoms with Gasteiger partial charge >= 0.3 is 0 Å². The second-order valence-electron chi connectivity index (χ2n) is 4.98. The van der Waals surface area contributed by atoms with Gasteiger partial charge in [0.1, 0.15) is 0 Å². The van der Waals surface area contributed by atoms with Crippen LogP contribution < -0.4 is 5.73 Å². The molecule has 1 saturated heterocycles. The number of hydrogen-bond donors (Lipinski definition) is 1. The topological polar surface area (TPSA) is 46.3 Å². The SMILES string of the molecule is CC(C)CC(N)C(=O)N1CCCCCC1. The molecule has 3 heteroatoms. The average molecular weight is 212 g/mol. The lowest BCUT2D eigenvalue weighted by molar-refractivity contribution is -0.132. The molecule has 1 amide bonds. The summed E-state index contributed by atoms with van der Waals surface area (Å²) in [5.74, 6) is 0.654. The van der Waals surface area contributed by atoms with Crippen molar-refractivity contribution in [3.63, 3.8) is 0 Å². The number of amides is 1. The van der Waals surface area contributed by atoms with Gasteiger partial charge in [0.25, 0.3) is 0 Å². The van der Waals surface area contributed by atoms with Gasteiger partial charge in [-0.05, 0) is 25.2 Å². The van der Waals surface area contributed by atoms with Crippen molar-refractivity contribution in [2.45, 2.75) is 52.0 Å². The van der Waals surface area contributed by atoms with Crippen molar-refractivity contribution < 1.29 is 4.79 Å². The minimum atomic E-state index is -0.289. The average Bonchev–Trinajstić information content (AvgIpc) is 2.43. The zero-order chi connectivity index (χ0) is 11.3. The number of rotatable bonds is 3. The Balaban J connectivity index is 2.42. The first-order valence-corrected chi connectivity index (χ1v) is 6.15. The molecule has 15 heavy (non-hydrogen) atoms. The third-order valence-corrected chi connectivity index (χ3v) is 2.96. The molecule has 1 rings (SSSR count). The van der Waals surface area contributed by atoms with E-state index in [4.69, 9.17) is 5.73 Å². The second kappa shape index (κ2) is 6.11. The summed E-state index contributed by atoms with van der Waals surface area (Å²) in [7, 11) is 0. The molecule has 1 aliphatic heterocycles. The molecular weight excluding hydrogens is 188 g/mol. The maximum Gasteiger partial charge on any atom is 0.239 e. The van der Waals surface area contributed by atoms with E-state index < -0.39 is 0 Å². The van der Waals surface area contributed by atoms with Crippen molar-refractivity contribution >= 4 is 5.91 Å². The highest BCUT2D eigenvalue weighted by molar-refractivity contribution is 5.81. The van der Waals surface area contributed by atoms with Gasteiger partial charge in [-0.25, -0.2) is 0 Å². The van der Waals surface area contributed by atoms with E-state index >= 15 is 0 Å². The Hall–Kier alpha value is -0.570. The number of carbonyl (C=O) groups is 1. The van der Waals surface area contributed by atoms with Crippen LogP contribution in [-0.4, -0.2) is 29.9 Å². The van der Waals surface area contributed by atoms with Gasteiger partial charge in [0.05, 0.1) is 6.04 Å². The van der Waals surface area contributed by atoms with E-state index in [1.165, 1.54) is 12.8 Å². The summed E-state index contributed by atoms with van der Waals surface area (Å²) in [5, 5.41) is 0. The molecule has 1 aliphatic rings. The van der Waals surface area contributed by atoms with Crippen LogP contribution in [0.2, 0.25) is 0 Å². The normalized spacial score (nSPS) is 20.1. The van der Waals surface area contributed by atoms with Gasteiger partial charge in [0, 0.05) is 13.1 Å². The molecule has 3 nitrogen and oxygen atoms in total. The first-order valence-electron chi connectivity index (χ1n) is 6.15. The van der Waals surface area contributed by atoms with Crippen molar-refractivity contribution in [2.75, 3.05) is 13.1 Å². The van der Waals surface area contributed by atoms with Gasteiger partial charge in [0.2, 0.25) is 5.91 Å². The van der Waals surface area contributed by atoms with Crippen molar-refractivity contribution in [3.05, 3.63) is 0 Å². The van der Waals surface area contributed by atoms with Gasteiger partial charge in [0.15, 0.2) is 0 Å². The molecule has 0 bridgehead atoms. The van der Waals surface area contributed by atoms with Gasteiger partial charge in [-0.15, -0.1) is 0 Å². The summed E-state index contributed by atoms with van der Waals surface area (Å²) >= 11 is 0. The Labute approximate surface area is 93.0 Å². The summed E-state index contributed by atoms with van der Waals surface area (Å²) in [6, 6.07) is -0.289. The Morgan fingerprint density at radius 1 is 1.20 bits per heavy atom. The number of likely N-dealkylation sites (tertiary alicyclic amines) is 1. The van der Waals surface area contributed by atoms with E-state index in [-0.39, 0.29) is 11.9 Å². The lowest BCUT2D eigenvalue weighted by atomic mass is 10.0. The van der Waals surface area contributed by atoms with Gasteiger partial charge < -0.3 is 10.6 Å². The lowest BCUT2D eigenvalue weighted by Crippen LogP contribution is -2.44. The van der Waals surface area contributed by atoms with E-state index in [0.717, 1.165) is 32.4 Å². The number of nitrogens with zero attached hydrogens (tertiary/aromatic N) is 1. The van der Waals surface area contributed by atoms with E-state index in [1.54, 1.807) is 0 Å². The van der Waals surface area contributed by atoms with Gasteiger partial charge in [-0.3, -0.25) is 4.79 Å². The monoisotopic (exact) mass is 212 g/mol. The minimum absolute atomic E-state index is 0.158. The largest absolute Gasteiger partial charge is 0.341 e. The Kier molecular flexibility index (Phi) is 5.09. The Morgan fingerprint density at radius 2 is 1.73 bits per heavy atom. The Bertz CT molecular complexity index is 196. The van der Waals surface area contributed by atoms with Crippen LogP contribution >= 0.6 is 0 Å². The summed E-state index contributed by atoms with van der Waals surface area (Å²) in [6.45, 7) is 6.03. The lowest BCUT2D eigenvalue weighted by Gasteiger charge is -2.24. The van der Waals surface area contributed by atoms with Crippen LogP contribution in [0.1, 0.15) is 46.0 Å². The molecule has 1 atom stereocenters. The Morgan fingerprint density at radius 3 is 2.20 bits per heavy atom. The molecule has 88 valence electrons. The maximum absolute atomic E-state index is 12.0. The predicted octanol–water partition coefficient (Wildman–Crippen LogP) is 1.76. The van der Waals surface area contributed by atoms with Crippen LogP contribution in [0.5, 0.6) is 0 Å². The molecule has 0 aromatic rings. The van der Waals surface area contributed by atoms with Crippen LogP contribution in [0.4, 0.5) is 0 Å². The van der Waals surface area contributed by atoms with E-state index in [1.807, 2.05) is 4.90 Å². The fourth-order valence-corrected chi connectivity index (χ4v) is 2.13. The predicted molar refractivity (Wildman–Crippen MR) is 62.5 cm³/mol. The van der Waals surface area contributed by atoms with Crippen LogP contribution in [0.25, 0.3) is 0 Å². The van der Waals surface area contributed by atoms with Crippen molar-refractivity contribution in [1.82, 2.24) is 4.90 Å². The van der Waals surface area contributed by atoms with E-state index in [9.17, 15) is 4.79 Å². The zero-order valence-electron chi connectivity index (χ0n) is 10.0. The molecule has 0 saturated carbocycles. The first kappa shape index (κ1) is 12.5. The number of hydrogen-bond acceptors (Lipinski definition) is 2. The van der Waals surface area contributed by atoms with Crippen molar-refractivity contribution in [3.8, 4) is 0 Å². The molecule has 0 aromatic heterocycles. The maximum atomic E-state index is 12.0. The minimum Gasteiger partial charge on any atom is -0.341 e. The van der Waals surface area contributed by atoms with Crippen LogP contribution in [-0.2, 0) is 4.79 Å². The number of nitrogens with two attached hydrogens (primary N) is 1. The number of carbonyl (C=O) groups excluding carboxylic acids is 1. The fourth-order valence-electron chi connectivity index (χ4n) is 2.13. The third-order valence-electron chi connectivity index (χ3n) is 2.96. The van der Waals surface area contributed by atoms with Crippen molar-refractivity contribution in [2.24, 2.45) is 11.7 Å². The fraction of sp³-hybridized carbons (Fsp3) is 0.917. The standard InChI is InChI=1S/C12H24N2O/c1-10(2)9-11(13)12(15)14-7-5-3-4-6-8-14/h10-11H,3-9,13H2,1-2H3. The summed E-state index contributed by atoms with van der Waals surface area (Å²) in [4.78, 5) is 13.9. The van der Waals surface area contributed by atoms with Crippen molar-refractivity contribution in [1.29, 1.82) is 0 Å². The molecule has 1 fully saturated rings. The molecule has 0 spiro atoms. The van der Waals surface area contributed by atoms with Crippen LogP contribution in [0.15, 0.2) is 0 Å². The third kappa shape index (κ3) is 4.20. The van der Waals surface area contributed by atoms with E-state index in [0.29, 0.717) is 5.92 Å². The molecule has 2 N–H and O–H groups in total. The molecule has 1 heterocycles. The molecular formula is C12H24N2O. The molecule has 1 unspecified atom stereocenters. The smallest absolute Gasteiger partial charge is 0.239 e. The molecule has 0 radical (unpaired) electrons. The highest BCUT2D eigenvalue weighted by atomic mass is 16.2. The van der Waals surface area contributed by atoms with E-state index in [2.05, 4.69) is 13.8 Å². The quantitative estimate of drug-likeness (QED) is 0.775. The highest BCUT2D eigenvalue weighted by Crippen LogP contribution is 2.12. The summed E-state index contributed by atoms with van der Waals surface area (Å²) in [5.41, 5.74) is 5.91. The first-order chi connectivity index (χ1) is 7.11. The zero-order valence-corrected chi connectivity index (χ0v) is 10.0. The summed E-state index contributed by atoms with van der Waals surface area (Å²) in [6.07, 6.45) is 5.59. The second-order valence-corrected chi connectivity index (χ2v) is 4.98.